The number of fused-ring (bicyclic) bond motifs is 1. The molecule has 1 aromatic rings. The third-order valence-electron chi connectivity index (χ3n) is 3.30. The number of Topliss-reactive ketones (excluding diaryl/α,β-unsaturated/α-hetero) is 1. The molecule has 0 fully saturated rings. The van der Waals surface area contributed by atoms with Crippen LogP contribution in [-0.2, 0) is 15.2 Å². The molecule has 5 heteroatoms. The van der Waals surface area contributed by atoms with Gasteiger partial charge in [-0.25, -0.2) is 0 Å². The van der Waals surface area contributed by atoms with Gasteiger partial charge < -0.3 is 10.4 Å². The van der Waals surface area contributed by atoms with Crippen LogP contribution in [0, 0.1) is 5.41 Å². The zero-order chi connectivity index (χ0) is 14.4. The predicted octanol–water partition coefficient (Wildman–Crippen LogP) is 2.59. The average molecular weight is 326 g/mol. The Morgan fingerprint density at radius 1 is 1.42 bits per heavy atom. The maximum atomic E-state index is 12.1. The zero-order valence-electron chi connectivity index (χ0n) is 11.1. The molecular formula is C14H16BrNO3. The number of amides is 1. The summed E-state index contributed by atoms with van der Waals surface area (Å²) in [6.07, 6.45) is -0.216. The van der Waals surface area contributed by atoms with Gasteiger partial charge in [0.25, 0.3) is 5.91 Å². The number of halogens is 1. The molecule has 19 heavy (non-hydrogen) atoms. The Morgan fingerprint density at radius 3 is 2.63 bits per heavy atom. The summed E-state index contributed by atoms with van der Waals surface area (Å²) >= 11 is 3.31. The van der Waals surface area contributed by atoms with Gasteiger partial charge in [-0.1, -0.05) is 36.7 Å². The smallest absolute Gasteiger partial charge is 0.261 e. The first kappa shape index (κ1) is 14.2. The lowest BCUT2D eigenvalue weighted by molar-refractivity contribution is -0.143. The van der Waals surface area contributed by atoms with Crippen LogP contribution in [0.3, 0.4) is 0 Å². The molecule has 1 amide bonds. The summed E-state index contributed by atoms with van der Waals surface area (Å²) in [6, 6.07) is 5.15. The number of hydrogen-bond donors (Lipinski definition) is 2. The first-order valence-corrected chi connectivity index (χ1v) is 6.81. The molecule has 0 radical (unpaired) electrons. The number of anilines is 1. The van der Waals surface area contributed by atoms with Crippen LogP contribution in [-0.4, -0.2) is 16.8 Å². The van der Waals surface area contributed by atoms with Crippen molar-refractivity contribution in [2.24, 2.45) is 5.41 Å². The summed E-state index contributed by atoms with van der Waals surface area (Å²) in [4.78, 5) is 24.1. The number of nitrogens with one attached hydrogen (secondary N) is 1. The molecule has 2 N–H and O–H groups in total. The van der Waals surface area contributed by atoms with Crippen molar-refractivity contribution >= 4 is 33.3 Å². The van der Waals surface area contributed by atoms with E-state index >= 15 is 0 Å². The van der Waals surface area contributed by atoms with Gasteiger partial charge in [0.1, 0.15) is 5.78 Å². The third kappa shape index (κ3) is 2.44. The second-order valence-electron chi connectivity index (χ2n) is 5.85. The number of benzene rings is 1. The van der Waals surface area contributed by atoms with Crippen molar-refractivity contribution in [1.82, 2.24) is 0 Å². The van der Waals surface area contributed by atoms with Crippen LogP contribution in [0.2, 0.25) is 0 Å². The third-order valence-corrected chi connectivity index (χ3v) is 3.80. The van der Waals surface area contributed by atoms with Gasteiger partial charge in [-0.05, 0) is 18.2 Å². The fourth-order valence-electron chi connectivity index (χ4n) is 1.99. The first-order valence-electron chi connectivity index (χ1n) is 6.02. The van der Waals surface area contributed by atoms with Crippen molar-refractivity contribution < 1.29 is 14.7 Å². The van der Waals surface area contributed by atoms with E-state index < -0.39 is 16.9 Å². The van der Waals surface area contributed by atoms with Crippen LogP contribution in [0.15, 0.2) is 22.7 Å². The van der Waals surface area contributed by atoms with Crippen molar-refractivity contribution in [3.05, 3.63) is 28.2 Å². The van der Waals surface area contributed by atoms with Crippen LogP contribution in [0.25, 0.3) is 0 Å². The van der Waals surface area contributed by atoms with Gasteiger partial charge in [0.05, 0.1) is 0 Å². The van der Waals surface area contributed by atoms with E-state index in [-0.39, 0.29) is 12.2 Å². The Hall–Kier alpha value is -1.20. The molecule has 2 rings (SSSR count). The predicted molar refractivity (Wildman–Crippen MR) is 75.7 cm³/mol. The number of carbonyl (C=O) groups is 2. The Balaban J connectivity index is 2.42. The largest absolute Gasteiger partial charge is 0.375 e. The lowest BCUT2D eigenvalue weighted by Crippen LogP contribution is -2.39. The van der Waals surface area contributed by atoms with Crippen LogP contribution >= 0.6 is 15.9 Å². The van der Waals surface area contributed by atoms with Crippen molar-refractivity contribution in [2.75, 3.05) is 5.32 Å². The lowest BCUT2D eigenvalue weighted by atomic mass is 9.81. The molecule has 1 aliphatic heterocycles. The minimum atomic E-state index is -1.77. The minimum absolute atomic E-state index is 0.155. The summed E-state index contributed by atoms with van der Waals surface area (Å²) in [6.45, 7) is 5.31. The van der Waals surface area contributed by atoms with Crippen LogP contribution in [0.1, 0.15) is 32.8 Å². The number of carbonyl (C=O) groups excluding carboxylic acids is 2. The van der Waals surface area contributed by atoms with E-state index in [4.69, 9.17) is 0 Å². The van der Waals surface area contributed by atoms with Crippen LogP contribution < -0.4 is 5.32 Å². The van der Waals surface area contributed by atoms with Gasteiger partial charge in [-0.2, -0.15) is 0 Å². The van der Waals surface area contributed by atoms with Crippen molar-refractivity contribution in [1.29, 1.82) is 0 Å². The second kappa shape index (κ2) is 4.42. The topological polar surface area (TPSA) is 66.4 Å². The fourth-order valence-corrected chi connectivity index (χ4v) is 2.35. The average Bonchev–Trinajstić information content (AvgIpc) is 2.51. The molecule has 1 heterocycles. The highest BCUT2D eigenvalue weighted by Crippen LogP contribution is 2.41. The summed E-state index contributed by atoms with van der Waals surface area (Å²) in [7, 11) is 0. The molecule has 0 saturated heterocycles. The van der Waals surface area contributed by atoms with Gasteiger partial charge in [-0.3, -0.25) is 9.59 Å². The monoisotopic (exact) mass is 325 g/mol. The molecule has 0 aromatic heterocycles. The summed E-state index contributed by atoms with van der Waals surface area (Å²) in [5, 5.41) is 13.2. The Morgan fingerprint density at radius 2 is 2.05 bits per heavy atom. The van der Waals surface area contributed by atoms with E-state index in [9.17, 15) is 14.7 Å². The molecule has 102 valence electrons. The zero-order valence-corrected chi connectivity index (χ0v) is 12.7. The number of ketones is 1. The van der Waals surface area contributed by atoms with Gasteiger partial charge >= 0.3 is 0 Å². The molecule has 1 atom stereocenters. The van der Waals surface area contributed by atoms with E-state index in [0.29, 0.717) is 11.3 Å². The number of hydrogen-bond acceptors (Lipinski definition) is 3. The molecule has 1 aliphatic rings. The Kier molecular flexibility index (Phi) is 3.31. The Bertz CT molecular complexity index is 562. The lowest BCUT2D eigenvalue weighted by Gasteiger charge is -2.25. The van der Waals surface area contributed by atoms with E-state index in [2.05, 4.69) is 21.2 Å². The second-order valence-corrected chi connectivity index (χ2v) is 6.77. The maximum Gasteiger partial charge on any atom is 0.261 e. The molecule has 0 aliphatic carbocycles. The van der Waals surface area contributed by atoms with E-state index in [1.807, 2.05) is 0 Å². The standard InChI is InChI=1S/C14H16BrNO3/c1-13(2,3)11(17)7-14(19)9-6-8(15)4-5-10(9)16-12(14)18/h4-6,19H,7H2,1-3H3,(H,16,18)/t14-/m0/s1. The molecule has 0 saturated carbocycles. The van der Waals surface area contributed by atoms with Gasteiger partial charge in [0, 0.05) is 27.6 Å². The summed E-state index contributed by atoms with van der Waals surface area (Å²) in [5.41, 5.74) is -1.37. The minimum Gasteiger partial charge on any atom is -0.375 e. The number of rotatable bonds is 2. The van der Waals surface area contributed by atoms with E-state index in [1.165, 1.54) is 0 Å². The van der Waals surface area contributed by atoms with Crippen molar-refractivity contribution in [2.45, 2.75) is 32.8 Å². The molecule has 0 unspecified atom stereocenters. The first-order chi connectivity index (χ1) is 8.64. The SMILES string of the molecule is CC(C)(C)C(=O)C[C@@]1(O)C(=O)Nc2ccc(Br)cc21. The highest BCUT2D eigenvalue weighted by atomic mass is 79.9. The maximum absolute atomic E-state index is 12.1. The quantitative estimate of drug-likeness (QED) is 0.878. The number of aliphatic hydroxyl groups is 1. The van der Waals surface area contributed by atoms with Crippen LogP contribution in [0.4, 0.5) is 5.69 Å². The fraction of sp³-hybridized carbons (Fsp3) is 0.429. The van der Waals surface area contributed by atoms with Gasteiger partial charge in [0.2, 0.25) is 0 Å². The highest BCUT2D eigenvalue weighted by Gasteiger charge is 2.48. The van der Waals surface area contributed by atoms with E-state index in [0.717, 1.165) is 4.47 Å². The summed E-state index contributed by atoms with van der Waals surface area (Å²) in [5.74, 6) is -0.698. The van der Waals surface area contributed by atoms with Gasteiger partial charge in [-0.15, -0.1) is 0 Å². The highest BCUT2D eigenvalue weighted by molar-refractivity contribution is 9.10. The van der Waals surface area contributed by atoms with Crippen molar-refractivity contribution in [3.8, 4) is 0 Å². The molecular weight excluding hydrogens is 310 g/mol. The summed E-state index contributed by atoms with van der Waals surface area (Å²) < 4.78 is 0.754. The van der Waals surface area contributed by atoms with Crippen LogP contribution in [0.5, 0.6) is 0 Å². The Labute approximate surface area is 120 Å². The van der Waals surface area contributed by atoms with Crippen molar-refractivity contribution in [3.63, 3.8) is 0 Å². The normalized spacial score (nSPS) is 22.1. The molecule has 0 spiro atoms. The molecule has 1 aromatic carbocycles. The van der Waals surface area contributed by atoms with E-state index in [1.54, 1.807) is 39.0 Å². The molecule has 0 bridgehead atoms. The van der Waals surface area contributed by atoms with Gasteiger partial charge in [0.15, 0.2) is 5.60 Å². The molecule has 4 nitrogen and oxygen atoms in total.